The number of hydrogen-bond donors (Lipinski definition) is 1. The van der Waals surface area contributed by atoms with Gasteiger partial charge in [0, 0.05) is 37.4 Å². The van der Waals surface area contributed by atoms with E-state index in [0.29, 0.717) is 5.92 Å². The second-order valence-electron chi connectivity index (χ2n) is 5.44. The van der Waals surface area contributed by atoms with Crippen LogP contribution in [0.4, 0.5) is 11.6 Å². The highest BCUT2D eigenvalue weighted by atomic mass is 35.5. The van der Waals surface area contributed by atoms with Crippen molar-refractivity contribution >= 4 is 23.2 Å². The summed E-state index contributed by atoms with van der Waals surface area (Å²) in [5.41, 5.74) is 1.11. The molecule has 1 aliphatic heterocycles. The Morgan fingerprint density at radius 2 is 2.14 bits per heavy atom. The number of nitrogens with one attached hydrogen (secondary N) is 1. The molecule has 1 aromatic carbocycles. The van der Waals surface area contributed by atoms with Crippen molar-refractivity contribution in [1.82, 2.24) is 20.2 Å². The number of rotatable bonds is 4. The van der Waals surface area contributed by atoms with E-state index in [4.69, 9.17) is 11.6 Å². The summed E-state index contributed by atoms with van der Waals surface area (Å²) in [6.07, 6.45) is 2.39. The molecule has 112 valence electrons. The Balaban J connectivity index is 1.56. The van der Waals surface area contributed by atoms with Crippen LogP contribution in [0.15, 0.2) is 24.3 Å². The van der Waals surface area contributed by atoms with Crippen molar-refractivity contribution in [3.63, 3.8) is 0 Å². The van der Waals surface area contributed by atoms with Gasteiger partial charge >= 0.3 is 0 Å². The van der Waals surface area contributed by atoms with Crippen LogP contribution in [-0.4, -0.2) is 39.8 Å². The molecule has 1 aliphatic rings. The standard InChI is InChI=1S/C14H19ClN6/c1-20-14(17-18-19-20)21-8-2-3-11(10-21)9-16-13-6-4-12(15)5-7-13/h4-7,11,16H,2-3,8-10H2,1H3. The lowest BCUT2D eigenvalue weighted by Gasteiger charge is -2.32. The van der Waals surface area contributed by atoms with E-state index in [1.807, 2.05) is 31.3 Å². The fourth-order valence-electron chi connectivity index (χ4n) is 2.74. The molecule has 0 amide bonds. The van der Waals surface area contributed by atoms with Crippen LogP contribution in [0.3, 0.4) is 0 Å². The Kier molecular flexibility index (Phi) is 4.24. The first-order valence-corrected chi connectivity index (χ1v) is 7.57. The van der Waals surface area contributed by atoms with Crippen LogP contribution < -0.4 is 10.2 Å². The molecule has 2 heterocycles. The van der Waals surface area contributed by atoms with Gasteiger partial charge in [-0.05, 0) is 53.5 Å². The van der Waals surface area contributed by atoms with Gasteiger partial charge in [0.2, 0.25) is 5.95 Å². The van der Waals surface area contributed by atoms with Crippen LogP contribution in [0.1, 0.15) is 12.8 Å². The van der Waals surface area contributed by atoms with Crippen molar-refractivity contribution in [2.75, 3.05) is 29.9 Å². The van der Waals surface area contributed by atoms with Gasteiger partial charge in [-0.2, -0.15) is 0 Å². The smallest absolute Gasteiger partial charge is 0.245 e. The summed E-state index contributed by atoms with van der Waals surface area (Å²) in [4.78, 5) is 2.26. The highest BCUT2D eigenvalue weighted by molar-refractivity contribution is 6.30. The maximum Gasteiger partial charge on any atom is 0.245 e. The van der Waals surface area contributed by atoms with Gasteiger partial charge in [0.15, 0.2) is 0 Å². The highest BCUT2D eigenvalue weighted by Gasteiger charge is 2.23. The molecule has 0 aliphatic carbocycles. The number of hydrogen-bond acceptors (Lipinski definition) is 5. The molecule has 7 heteroatoms. The number of anilines is 2. The van der Waals surface area contributed by atoms with E-state index in [1.54, 1.807) is 4.68 Å². The van der Waals surface area contributed by atoms with Crippen LogP contribution in [0, 0.1) is 5.92 Å². The van der Waals surface area contributed by atoms with Gasteiger partial charge in [-0.15, -0.1) is 0 Å². The minimum atomic E-state index is 0.589. The minimum absolute atomic E-state index is 0.589. The van der Waals surface area contributed by atoms with Crippen molar-refractivity contribution < 1.29 is 0 Å². The van der Waals surface area contributed by atoms with Crippen molar-refractivity contribution in [1.29, 1.82) is 0 Å². The van der Waals surface area contributed by atoms with Crippen molar-refractivity contribution in [3.05, 3.63) is 29.3 Å². The van der Waals surface area contributed by atoms with E-state index in [-0.39, 0.29) is 0 Å². The van der Waals surface area contributed by atoms with Gasteiger partial charge in [-0.1, -0.05) is 16.7 Å². The molecule has 6 nitrogen and oxygen atoms in total. The molecule has 1 atom stereocenters. The highest BCUT2D eigenvalue weighted by Crippen LogP contribution is 2.21. The number of tetrazole rings is 1. The van der Waals surface area contributed by atoms with Crippen molar-refractivity contribution in [3.8, 4) is 0 Å². The quantitative estimate of drug-likeness (QED) is 0.938. The zero-order valence-corrected chi connectivity index (χ0v) is 12.8. The van der Waals surface area contributed by atoms with Crippen LogP contribution in [0.2, 0.25) is 5.02 Å². The second-order valence-corrected chi connectivity index (χ2v) is 5.88. The average Bonchev–Trinajstić information content (AvgIpc) is 2.93. The Morgan fingerprint density at radius 1 is 1.33 bits per heavy atom. The van der Waals surface area contributed by atoms with Crippen LogP contribution in [0.25, 0.3) is 0 Å². The average molecular weight is 307 g/mol. The number of halogens is 1. The van der Waals surface area contributed by atoms with Crippen molar-refractivity contribution in [2.24, 2.45) is 13.0 Å². The Labute approximate surface area is 129 Å². The summed E-state index contributed by atoms with van der Waals surface area (Å²) < 4.78 is 1.73. The second kappa shape index (κ2) is 6.30. The number of piperidine rings is 1. The summed E-state index contributed by atoms with van der Waals surface area (Å²) in [6.45, 7) is 2.95. The van der Waals surface area contributed by atoms with Gasteiger partial charge in [0.05, 0.1) is 0 Å². The molecule has 21 heavy (non-hydrogen) atoms. The maximum absolute atomic E-state index is 5.90. The van der Waals surface area contributed by atoms with Gasteiger partial charge in [-0.3, -0.25) is 0 Å². The van der Waals surface area contributed by atoms with E-state index < -0.39 is 0 Å². The molecule has 0 radical (unpaired) electrons. The zero-order valence-electron chi connectivity index (χ0n) is 12.0. The number of aryl methyl sites for hydroxylation is 1. The number of benzene rings is 1. The lowest BCUT2D eigenvalue weighted by Crippen LogP contribution is -2.39. The first kappa shape index (κ1) is 14.1. The molecule has 1 fully saturated rings. The lowest BCUT2D eigenvalue weighted by molar-refractivity contribution is 0.424. The summed E-state index contributed by atoms with van der Waals surface area (Å²) in [5, 5.41) is 16.0. The SMILES string of the molecule is Cn1nnnc1N1CCCC(CNc2ccc(Cl)cc2)C1. The fraction of sp³-hybridized carbons (Fsp3) is 0.500. The summed E-state index contributed by atoms with van der Waals surface area (Å²) in [7, 11) is 1.88. The molecule has 1 saturated heterocycles. The van der Waals surface area contributed by atoms with E-state index in [0.717, 1.165) is 36.3 Å². The topological polar surface area (TPSA) is 58.9 Å². The molecule has 1 aromatic heterocycles. The van der Waals surface area contributed by atoms with Crippen LogP contribution >= 0.6 is 11.6 Å². The largest absolute Gasteiger partial charge is 0.385 e. The third-order valence-corrected chi connectivity index (χ3v) is 4.09. The molecule has 1 N–H and O–H groups in total. The molecular formula is C14H19ClN6. The Hall–Kier alpha value is -1.82. The molecule has 0 bridgehead atoms. The Bertz CT molecular complexity index is 581. The van der Waals surface area contributed by atoms with Gasteiger partial charge < -0.3 is 10.2 Å². The van der Waals surface area contributed by atoms with E-state index in [1.165, 1.54) is 12.8 Å². The molecular weight excluding hydrogens is 288 g/mol. The molecule has 3 rings (SSSR count). The van der Waals surface area contributed by atoms with Gasteiger partial charge in [0.25, 0.3) is 0 Å². The third-order valence-electron chi connectivity index (χ3n) is 3.84. The molecule has 0 spiro atoms. The summed E-state index contributed by atoms with van der Waals surface area (Å²) in [5.74, 6) is 1.44. The van der Waals surface area contributed by atoms with Crippen molar-refractivity contribution in [2.45, 2.75) is 12.8 Å². The summed E-state index contributed by atoms with van der Waals surface area (Å²) in [6, 6.07) is 7.83. The first-order valence-electron chi connectivity index (χ1n) is 7.19. The fourth-order valence-corrected chi connectivity index (χ4v) is 2.86. The zero-order chi connectivity index (χ0) is 14.7. The first-order chi connectivity index (χ1) is 10.2. The van der Waals surface area contributed by atoms with E-state index >= 15 is 0 Å². The predicted molar refractivity (Wildman–Crippen MR) is 83.7 cm³/mol. The Morgan fingerprint density at radius 3 is 2.86 bits per heavy atom. The van der Waals surface area contributed by atoms with Gasteiger partial charge in [-0.25, -0.2) is 4.68 Å². The normalized spacial score (nSPS) is 18.8. The van der Waals surface area contributed by atoms with Crippen LogP contribution in [0.5, 0.6) is 0 Å². The van der Waals surface area contributed by atoms with Crippen LogP contribution in [-0.2, 0) is 7.05 Å². The monoisotopic (exact) mass is 306 g/mol. The number of nitrogens with zero attached hydrogens (tertiary/aromatic N) is 5. The predicted octanol–water partition coefficient (Wildman–Crippen LogP) is 2.19. The van der Waals surface area contributed by atoms with Gasteiger partial charge in [0.1, 0.15) is 0 Å². The minimum Gasteiger partial charge on any atom is -0.385 e. The molecule has 1 unspecified atom stereocenters. The lowest BCUT2D eigenvalue weighted by atomic mass is 9.98. The maximum atomic E-state index is 5.90. The van der Waals surface area contributed by atoms with E-state index in [9.17, 15) is 0 Å². The summed E-state index contributed by atoms with van der Waals surface area (Å²) >= 11 is 5.90. The molecule has 2 aromatic rings. The molecule has 0 saturated carbocycles. The number of aromatic nitrogens is 4. The van der Waals surface area contributed by atoms with E-state index in [2.05, 4.69) is 25.7 Å². The third kappa shape index (κ3) is 3.44.